The van der Waals surface area contributed by atoms with E-state index in [1.54, 1.807) is 11.3 Å². The third-order valence-electron chi connectivity index (χ3n) is 5.20. The highest BCUT2D eigenvalue weighted by atomic mass is 15.4. The van der Waals surface area contributed by atoms with Gasteiger partial charge in [-0.25, -0.2) is 0 Å². The van der Waals surface area contributed by atoms with Gasteiger partial charge >= 0.3 is 0 Å². The Kier molecular flexibility index (Phi) is 2.13. The molecule has 2 unspecified atom stereocenters. The van der Waals surface area contributed by atoms with Crippen molar-refractivity contribution in [3.63, 3.8) is 0 Å². The number of aromatic amines is 1. The lowest BCUT2D eigenvalue weighted by Gasteiger charge is -2.47. The van der Waals surface area contributed by atoms with Crippen LogP contribution in [0.2, 0.25) is 0 Å². The number of aromatic nitrogens is 1. The van der Waals surface area contributed by atoms with E-state index in [9.17, 15) is 0 Å². The van der Waals surface area contributed by atoms with Crippen molar-refractivity contribution in [2.24, 2.45) is 0 Å². The zero-order chi connectivity index (χ0) is 12.2. The van der Waals surface area contributed by atoms with E-state index in [4.69, 9.17) is 0 Å². The number of hydrogen-bond donors (Lipinski definition) is 1. The first-order valence-corrected chi connectivity index (χ1v) is 7.22. The molecule has 2 aliphatic rings. The molecule has 94 valence electrons. The Balaban J connectivity index is 1.92. The maximum absolute atomic E-state index is 3.72. The molecule has 0 aliphatic carbocycles. The van der Waals surface area contributed by atoms with Crippen molar-refractivity contribution in [3.8, 4) is 0 Å². The van der Waals surface area contributed by atoms with Crippen molar-refractivity contribution in [2.75, 3.05) is 20.1 Å². The fraction of sp³-hybridized carbons (Fsp3) is 0.500. The number of quaternary nitrogens is 1. The van der Waals surface area contributed by atoms with Gasteiger partial charge in [-0.05, 0) is 24.5 Å². The summed E-state index contributed by atoms with van der Waals surface area (Å²) in [5.41, 5.74) is 4.49. The number of piperidine rings is 1. The number of para-hydroxylation sites is 1. The minimum absolute atomic E-state index is 0.717. The molecule has 3 heterocycles. The highest BCUT2D eigenvalue weighted by molar-refractivity contribution is 5.85. The Bertz CT molecular complexity index is 598. The molecular weight excluding hydrogens is 220 g/mol. The summed E-state index contributed by atoms with van der Waals surface area (Å²) in [7, 11) is 2.46. The highest BCUT2D eigenvalue weighted by Gasteiger charge is 2.42. The molecule has 0 saturated carbocycles. The van der Waals surface area contributed by atoms with Gasteiger partial charge in [0.25, 0.3) is 0 Å². The van der Waals surface area contributed by atoms with Crippen LogP contribution in [-0.4, -0.2) is 29.6 Å². The summed E-state index contributed by atoms with van der Waals surface area (Å²) in [5, 5.41) is 1.46. The van der Waals surface area contributed by atoms with Crippen LogP contribution in [0.3, 0.4) is 0 Å². The molecule has 1 N–H and O–H groups in total. The average Bonchev–Trinajstić information content (AvgIpc) is 2.76. The first-order valence-electron chi connectivity index (χ1n) is 7.22. The number of H-pyrrole nitrogens is 1. The van der Waals surface area contributed by atoms with Crippen LogP contribution in [0, 0.1) is 0 Å². The zero-order valence-corrected chi connectivity index (χ0v) is 11.1. The first-order chi connectivity index (χ1) is 8.78. The van der Waals surface area contributed by atoms with Gasteiger partial charge < -0.3 is 9.47 Å². The van der Waals surface area contributed by atoms with Crippen molar-refractivity contribution in [3.05, 3.63) is 35.5 Å². The van der Waals surface area contributed by atoms with Gasteiger partial charge in [0, 0.05) is 23.7 Å². The minimum atomic E-state index is 0.717. The van der Waals surface area contributed by atoms with E-state index in [1.165, 1.54) is 54.2 Å². The summed E-state index contributed by atoms with van der Waals surface area (Å²) in [4.78, 5) is 3.72. The second kappa shape index (κ2) is 3.61. The molecule has 0 bridgehead atoms. The van der Waals surface area contributed by atoms with Crippen LogP contribution in [0.25, 0.3) is 10.9 Å². The third-order valence-corrected chi connectivity index (χ3v) is 5.20. The first kappa shape index (κ1) is 10.6. The molecule has 0 radical (unpaired) electrons. The minimum Gasteiger partial charge on any atom is -0.353 e. The smallest absolute Gasteiger partial charge is 0.130 e. The Morgan fingerprint density at radius 3 is 3.00 bits per heavy atom. The molecule has 1 aromatic heterocycles. The maximum atomic E-state index is 3.72. The number of rotatable bonds is 0. The van der Waals surface area contributed by atoms with Crippen molar-refractivity contribution in [2.45, 2.75) is 31.7 Å². The summed E-state index contributed by atoms with van der Waals surface area (Å²) in [6, 6.07) is 9.53. The SMILES string of the molecule is C[N+]12CCCCC1c1[nH]c3ccccc3c1CC2. The molecular formula is C16H21N2+. The van der Waals surface area contributed by atoms with Gasteiger partial charge in [-0.15, -0.1) is 0 Å². The van der Waals surface area contributed by atoms with Crippen LogP contribution in [0.4, 0.5) is 0 Å². The lowest BCUT2D eigenvalue weighted by molar-refractivity contribution is -0.946. The zero-order valence-electron chi connectivity index (χ0n) is 11.1. The molecule has 2 atom stereocenters. The Morgan fingerprint density at radius 2 is 2.06 bits per heavy atom. The fourth-order valence-corrected chi connectivity index (χ4v) is 4.14. The largest absolute Gasteiger partial charge is 0.353 e. The molecule has 2 heteroatoms. The average molecular weight is 241 g/mol. The predicted octanol–water partition coefficient (Wildman–Crippen LogP) is 3.40. The summed E-state index contributed by atoms with van der Waals surface area (Å²) < 4.78 is 1.26. The van der Waals surface area contributed by atoms with Crippen molar-refractivity contribution < 1.29 is 4.48 Å². The number of nitrogens with zero attached hydrogens (tertiary/aromatic N) is 1. The van der Waals surface area contributed by atoms with E-state index >= 15 is 0 Å². The monoisotopic (exact) mass is 241 g/mol. The number of benzene rings is 1. The van der Waals surface area contributed by atoms with Crippen LogP contribution in [-0.2, 0) is 6.42 Å². The fourth-order valence-electron chi connectivity index (χ4n) is 4.14. The second-order valence-corrected chi connectivity index (χ2v) is 6.25. The van der Waals surface area contributed by atoms with Gasteiger partial charge in [-0.2, -0.15) is 0 Å². The molecule has 2 aliphatic heterocycles. The number of hydrogen-bond acceptors (Lipinski definition) is 0. The second-order valence-electron chi connectivity index (χ2n) is 6.25. The summed E-state index contributed by atoms with van der Waals surface area (Å²) >= 11 is 0. The maximum Gasteiger partial charge on any atom is 0.130 e. The number of likely N-dealkylation sites (N-methyl/N-ethyl adjacent to an activating group) is 1. The summed E-state index contributed by atoms with van der Waals surface area (Å²) in [6.07, 6.45) is 5.40. The Hall–Kier alpha value is -1.28. The van der Waals surface area contributed by atoms with Gasteiger partial charge in [0.05, 0.1) is 25.8 Å². The highest BCUT2D eigenvalue weighted by Crippen LogP contribution is 2.43. The van der Waals surface area contributed by atoms with Crippen molar-refractivity contribution in [1.82, 2.24) is 4.98 Å². The molecule has 1 saturated heterocycles. The van der Waals surface area contributed by atoms with Crippen LogP contribution >= 0.6 is 0 Å². The van der Waals surface area contributed by atoms with Crippen LogP contribution in [0.5, 0.6) is 0 Å². The Labute approximate surface area is 108 Å². The molecule has 0 spiro atoms. The van der Waals surface area contributed by atoms with Gasteiger partial charge in [0.2, 0.25) is 0 Å². The van der Waals surface area contributed by atoms with Crippen LogP contribution in [0.15, 0.2) is 24.3 Å². The topological polar surface area (TPSA) is 15.8 Å². The molecule has 0 amide bonds. The lowest BCUT2D eigenvalue weighted by atomic mass is 9.88. The van der Waals surface area contributed by atoms with E-state index in [0.717, 1.165) is 6.04 Å². The molecule has 18 heavy (non-hydrogen) atoms. The number of fused-ring (bicyclic) bond motifs is 5. The molecule has 1 aromatic carbocycles. The molecule has 2 aromatic rings. The molecule has 2 nitrogen and oxygen atoms in total. The van der Waals surface area contributed by atoms with E-state index in [0.29, 0.717) is 0 Å². The molecule has 1 fully saturated rings. The predicted molar refractivity (Wildman–Crippen MR) is 74.5 cm³/mol. The van der Waals surface area contributed by atoms with Crippen LogP contribution in [0.1, 0.15) is 36.6 Å². The van der Waals surface area contributed by atoms with Crippen LogP contribution < -0.4 is 0 Å². The normalized spacial score (nSPS) is 31.1. The molecule has 4 rings (SSSR count). The van der Waals surface area contributed by atoms with E-state index < -0.39 is 0 Å². The summed E-state index contributed by atoms with van der Waals surface area (Å²) in [6.45, 7) is 2.68. The van der Waals surface area contributed by atoms with E-state index in [1.807, 2.05) is 0 Å². The Morgan fingerprint density at radius 1 is 1.17 bits per heavy atom. The van der Waals surface area contributed by atoms with Crippen molar-refractivity contribution >= 4 is 10.9 Å². The van der Waals surface area contributed by atoms with Gasteiger partial charge in [-0.1, -0.05) is 18.2 Å². The summed E-state index contributed by atoms with van der Waals surface area (Å²) in [5.74, 6) is 0. The van der Waals surface area contributed by atoms with Gasteiger partial charge in [0.15, 0.2) is 0 Å². The van der Waals surface area contributed by atoms with Crippen molar-refractivity contribution in [1.29, 1.82) is 0 Å². The van der Waals surface area contributed by atoms with E-state index in [-0.39, 0.29) is 0 Å². The van der Waals surface area contributed by atoms with Gasteiger partial charge in [0.1, 0.15) is 6.04 Å². The van der Waals surface area contributed by atoms with E-state index in [2.05, 4.69) is 36.3 Å². The quantitative estimate of drug-likeness (QED) is 0.680. The standard InChI is InChI=1S/C16H21N2/c1-18-10-5-4-8-15(18)16-13(9-11-18)12-6-2-3-7-14(12)17-16/h2-3,6-7,15,17H,4-5,8-11H2,1H3/q+1. The lowest BCUT2D eigenvalue weighted by Crippen LogP contribution is -2.53. The third kappa shape index (κ3) is 1.33. The number of nitrogens with one attached hydrogen (secondary N) is 1. The van der Waals surface area contributed by atoms with Gasteiger partial charge in [-0.3, -0.25) is 0 Å².